The molecule has 0 aromatic rings. The van der Waals surface area contributed by atoms with E-state index in [0.717, 1.165) is 12.8 Å². The first-order valence-electron chi connectivity index (χ1n) is 6.70. The molecule has 19 heavy (non-hydrogen) atoms. The van der Waals surface area contributed by atoms with Crippen LogP contribution in [0.3, 0.4) is 0 Å². The fourth-order valence-electron chi connectivity index (χ4n) is 2.46. The van der Waals surface area contributed by atoms with Crippen molar-refractivity contribution in [3.63, 3.8) is 0 Å². The molecule has 0 saturated carbocycles. The van der Waals surface area contributed by atoms with Crippen LogP contribution in [0, 0.1) is 10.8 Å². The highest BCUT2D eigenvalue weighted by Gasteiger charge is 2.40. The molecule has 1 aliphatic rings. The highest BCUT2D eigenvalue weighted by atomic mass is 16.2. The summed E-state index contributed by atoms with van der Waals surface area (Å²) in [6.45, 7) is 6.28. The molecule has 1 atom stereocenters. The van der Waals surface area contributed by atoms with E-state index in [1.807, 2.05) is 13.8 Å². The summed E-state index contributed by atoms with van der Waals surface area (Å²) >= 11 is 0. The van der Waals surface area contributed by atoms with E-state index in [9.17, 15) is 9.59 Å². The van der Waals surface area contributed by atoms with Gasteiger partial charge in [-0.25, -0.2) is 0 Å². The molecular formula is C13H24N4O2. The van der Waals surface area contributed by atoms with Gasteiger partial charge in [-0.05, 0) is 25.3 Å². The van der Waals surface area contributed by atoms with E-state index in [-0.39, 0.29) is 29.2 Å². The summed E-state index contributed by atoms with van der Waals surface area (Å²) in [5, 5.41) is 13.4. The monoisotopic (exact) mass is 268 g/mol. The third-order valence-corrected chi connectivity index (χ3v) is 3.63. The molecule has 1 saturated heterocycles. The van der Waals surface area contributed by atoms with Gasteiger partial charge in [-0.2, -0.15) is 0 Å². The number of carbonyl (C=O) groups is 2. The van der Waals surface area contributed by atoms with Crippen LogP contribution >= 0.6 is 0 Å². The van der Waals surface area contributed by atoms with Crippen molar-refractivity contribution in [3.8, 4) is 0 Å². The second-order valence-corrected chi connectivity index (χ2v) is 5.55. The van der Waals surface area contributed by atoms with Crippen LogP contribution in [0.4, 0.5) is 0 Å². The van der Waals surface area contributed by atoms with Gasteiger partial charge in [0.15, 0.2) is 0 Å². The number of carbonyl (C=O) groups excluding carboxylic acids is 2. The molecule has 1 fully saturated rings. The number of likely N-dealkylation sites (tertiary alicyclic amines) is 1. The van der Waals surface area contributed by atoms with Gasteiger partial charge in [-0.15, -0.1) is 0 Å². The Morgan fingerprint density at radius 2 is 2.16 bits per heavy atom. The van der Waals surface area contributed by atoms with E-state index >= 15 is 0 Å². The van der Waals surface area contributed by atoms with Crippen LogP contribution in [-0.4, -0.2) is 42.3 Å². The predicted molar refractivity (Wildman–Crippen MR) is 73.7 cm³/mol. The molecule has 0 radical (unpaired) electrons. The molecule has 1 heterocycles. The van der Waals surface area contributed by atoms with E-state index in [0.29, 0.717) is 13.0 Å². The zero-order valence-electron chi connectivity index (χ0n) is 12.2. The van der Waals surface area contributed by atoms with E-state index in [1.54, 1.807) is 14.0 Å². The lowest BCUT2D eigenvalue weighted by atomic mass is 9.80. The molecule has 2 amide bonds. The van der Waals surface area contributed by atoms with Gasteiger partial charge in [-0.3, -0.25) is 25.2 Å². The SMILES string of the molecule is CCC(=O)NC(=N)N1CCCC(C)(C)C(NC)C1=O. The zero-order valence-corrected chi connectivity index (χ0v) is 12.2. The Bertz CT molecular complexity index is 379. The molecule has 0 spiro atoms. The Morgan fingerprint density at radius 3 is 2.68 bits per heavy atom. The third kappa shape index (κ3) is 3.53. The second kappa shape index (κ2) is 6.14. The minimum atomic E-state index is -0.339. The first-order chi connectivity index (χ1) is 8.83. The fourth-order valence-corrected chi connectivity index (χ4v) is 2.46. The van der Waals surface area contributed by atoms with Crippen molar-refractivity contribution in [2.45, 2.75) is 46.1 Å². The quantitative estimate of drug-likeness (QED) is 0.508. The Kier molecular flexibility index (Phi) is 5.05. The lowest BCUT2D eigenvalue weighted by Gasteiger charge is -2.32. The van der Waals surface area contributed by atoms with Crippen molar-refractivity contribution in [1.82, 2.24) is 15.5 Å². The van der Waals surface area contributed by atoms with Gasteiger partial charge in [0.2, 0.25) is 17.8 Å². The summed E-state index contributed by atoms with van der Waals surface area (Å²) in [4.78, 5) is 25.2. The molecule has 6 heteroatoms. The smallest absolute Gasteiger partial charge is 0.246 e. The number of hydrogen-bond donors (Lipinski definition) is 3. The molecule has 0 aliphatic carbocycles. The molecule has 0 bridgehead atoms. The van der Waals surface area contributed by atoms with Gasteiger partial charge in [-0.1, -0.05) is 20.8 Å². The standard InChI is InChI=1S/C13H24N4O2/c1-5-9(18)16-12(14)17-8-6-7-13(2,3)10(15-4)11(17)19/h10,15H,5-8H2,1-4H3,(H2,14,16,18). The van der Waals surface area contributed by atoms with Gasteiger partial charge >= 0.3 is 0 Å². The lowest BCUT2D eigenvalue weighted by Crippen LogP contribution is -2.55. The molecule has 1 aliphatic heterocycles. The summed E-state index contributed by atoms with van der Waals surface area (Å²) < 4.78 is 0. The topological polar surface area (TPSA) is 85.3 Å². The van der Waals surface area contributed by atoms with Crippen molar-refractivity contribution in [1.29, 1.82) is 5.41 Å². The minimum absolute atomic E-state index is 0.116. The first kappa shape index (κ1) is 15.6. The summed E-state index contributed by atoms with van der Waals surface area (Å²) in [6, 6.07) is -0.339. The first-order valence-corrected chi connectivity index (χ1v) is 6.70. The summed E-state index contributed by atoms with van der Waals surface area (Å²) in [5.41, 5.74) is -0.157. The van der Waals surface area contributed by atoms with Crippen LogP contribution < -0.4 is 10.6 Å². The number of amides is 2. The van der Waals surface area contributed by atoms with Gasteiger partial charge in [0.25, 0.3) is 0 Å². The van der Waals surface area contributed by atoms with Crippen molar-refractivity contribution in [3.05, 3.63) is 0 Å². The Balaban J connectivity index is 2.87. The van der Waals surface area contributed by atoms with Crippen molar-refractivity contribution in [2.24, 2.45) is 5.41 Å². The molecule has 108 valence electrons. The number of likely N-dealkylation sites (N-methyl/N-ethyl adjacent to an activating group) is 1. The van der Waals surface area contributed by atoms with Crippen LogP contribution in [0.2, 0.25) is 0 Å². The molecule has 1 rings (SSSR count). The number of nitrogens with zero attached hydrogens (tertiary/aromatic N) is 1. The average molecular weight is 268 g/mol. The zero-order chi connectivity index (χ0) is 14.6. The predicted octanol–water partition coefficient (Wildman–Crippen LogP) is 0.684. The van der Waals surface area contributed by atoms with Crippen molar-refractivity contribution in [2.75, 3.05) is 13.6 Å². The molecule has 6 nitrogen and oxygen atoms in total. The van der Waals surface area contributed by atoms with Crippen LogP contribution in [0.15, 0.2) is 0 Å². The molecule has 1 unspecified atom stereocenters. The normalized spacial score (nSPS) is 22.8. The number of nitrogens with one attached hydrogen (secondary N) is 3. The average Bonchev–Trinajstić information content (AvgIpc) is 2.44. The number of hydrogen-bond acceptors (Lipinski definition) is 4. The third-order valence-electron chi connectivity index (χ3n) is 3.63. The maximum atomic E-state index is 12.5. The molecular weight excluding hydrogens is 244 g/mol. The van der Waals surface area contributed by atoms with Gasteiger partial charge in [0, 0.05) is 13.0 Å². The summed E-state index contributed by atoms with van der Waals surface area (Å²) in [7, 11) is 1.75. The van der Waals surface area contributed by atoms with Crippen LogP contribution in [0.5, 0.6) is 0 Å². The molecule has 0 aromatic carbocycles. The van der Waals surface area contributed by atoms with Gasteiger partial charge in [0.05, 0.1) is 6.04 Å². The second-order valence-electron chi connectivity index (χ2n) is 5.55. The minimum Gasteiger partial charge on any atom is -0.308 e. The molecule has 0 aromatic heterocycles. The van der Waals surface area contributed by atoms with E-state index < -0.39 is 0 Å². The Labute approximate surface area is 114 Å². The van der Waals surface area contributed by atoms with Crippen LogP contribution in [0.25, 0.3) is 0 Å². The van der Waals surface area contributed by atoms with E-state index in [1.165, 1.54) is 4.90 Å². The number of rotatable bonds is 2. The fraction of sp³-hybridized carbons (Fsp3) is 0.769. The van der Waals surface area contributed by atoms with Gasteiger partial charge in [0.1, 0.15) is 0 Å². The lowest BCUT2D eigenvalue weighted by molar-refractivity contribution is -0.131. The van der Waals surface area contributed by atoms with Crippen molar-refractivity contribution >= 4 is 17.8 Å². The highest BCUT2D eigenvalue weighted by molar-refractivity contribution is 6.04. The van der Waals surface area contributed by atoms with Crippen molar-refractivity contribution < 1.29 is 9.59 Å². The Morgan fingerprint density at radius 1 is 1.53 bits per heavy atom. The highest BCUT2D eigenvalue weighted by Crippen LogP contribution is 2.30. The maximum Gasteiger partial charge on any atom is 0.246 e. The van der Waals surface area contributed by atoms with Crippen LogP contribution in [-0.2, 0) is 9.59 Å². The molecule has 3 N–H and O–H groups in total. The summed E-state index contributed by atoms with van der Waals surface area (Å²) in [5.74, 6) is -0.511. The Hall–Kier alpha value is -1.43. The van der Waals surface area contributed by atoms with E-state index in [2.05, 4.69) is 10.6 Å². The largest absolute Gasteiger partial charge is 0.308 e. The maximum absolute atomic E-state index is 12.5. The summed E-state index contributed by atoms with van der Waals surface area (Å²) in [6.07, 6.45) is 2.02. The van der Waals surface area contributed by atoms with E-state index in [4.69, 9.17) is 5.41 Å². The number of guanidine groups is 1. The van der Waals surface area contributed by atoms with Crippen LogP contribution in [0.1, 0.15) is 40.0 Å². The van der Waals surface area contributed by atoms with Gasteiger partial charge < -0.3 is 5.32 Å².